The molecule has 1 aliphatic rings. The topological polar surface area (TPSA) is 84.6 Å². The molecule has 0 aromatic carbocycles. The molecule has 1 unspecified atom stereocenters. The van der Waals surface area contributed by atoms with Gasteiger partial charge in [0.15, 0.2) is 9.84 Å². The van der Waals surface area contributed by atoms with E-state index in [9.17, 15) is 22.0 Å². The molecule has 1 aromatic rings. The first-order chi connectivity index (χ1) is 13.5. The summed E-state index contributed by atoms with van der Waals surface area (Å²) in [7, 11) is -2.03. The molecule has 1 fully saturated rings. The quantitative estimate of drug-likeness (QED) is 0.424. The standard InChI is InChI=1S/C19H26F2N4O3S/c1-5-25(17-11-16(23-24(17)4)14(2)7-6-9-22-3)18(26)8-10-29(27,28)13-15-12-19(15,20)21/h6-7,9,11,15H,3,5,8,10,12-13H2,1-2,4H3/b9-6-,14-7+. The van der Waals surface area contributed by atoms with Gasteiger partial charge in [0.2, 0.25) is 5.91 Å². The third-order valence-corrected chi connectivity index (χ3v) is 6.46. The summed E-state index contributed by atoms with van der Waals surface area (Å²) in [5.41, 5.74) is 1.51. The highest BCUT2D eigenvalue weighted by Crippen LogP contribution is 2.49. The predicted molar refractivity (Wildman–Crippen MR) is 110 cm³/mol. The summed E-state index contributed by atoms with van der Waals surface area (Å²) >= 11 is 0. The van der Waals surface area contributed by atoms with E-state index in [2.05, 4.69) is 16.8 Å². The minimum atomic E-state index is -3.72. The third-order valence-electron chi connectivity index (χ3n) is 4.73. The fraction of sp³-hybridized carbons (Fsp3) is 0.526. The number of allylic oxidation sites excluding steroid dienone is 3. The van der Waals surface area contributed by atoms with Gasteiger partial charge < -0.3 is 0 Å². The Balaban J connectivity index is 2.06. The maximum absolute atomic E-state index is 13.0. The average Bonchev–Trinajstić information content (AvgIpc) is 3.04. The molecule has 1 atom stereocenters. The maximum atomic E-state index is 13.0. The zero-order chi connectivity index (χ0) is 21.8. The van der Waals surface area contributed by atoms with Gasteiger partial charge in [-0.1, -0.05) is 6.08 Å². The molecule has 0 radical (unpaired) electrons. The second-order valence-corrected chi connectivity index (χ2v) is 9.28. The lowest BCUT2D eigenvalue weighted by atomic mass is 10.2. The van der Waals surface area contributed by atoms with E-state index in [1.54, 1.807) is 36.9 Å². The number of hydrogen-bond acceptors (Lipinski definition) is 5. The number of alkyl halides is 2. The van der Waals surface area contributed by atoms with E-state index < -0.39 is 45.5 Å². The second-order valence-electron chi connectivity index (χ2n) is 7.05. The van der Waals surface area contributed by atoms with Crippen molar-refractivity contribution in [3.05, 3.63) is 30.1 Å². The lowest BCUT2D eigenvalue weighted by Gasteiger charge is -2.20. The molecule has 0 N–H and O–H groups in total. The number of aromatic nitrogens is 2. The van der Waals surface area contributed by atoms with E-state index >= 15 is 0 Å². The first kappa shape index (κ1) is 22.9. The Hall–Kier alpha value is -2.36. The molecule has 2 rings (SSSR count). The van der Waals surface area contributed by atoms with Gasteiger partial charge in [-0.3, -0.25) is 19.4 Å². The number of halogens is 2. The van der Waals surface area contributed by atoms with Crippen LogP contribution in [0, 0.1) is 5.92 Å². The van der Waals surface area contributed by atoms with E-state index in [0.717, 1.165) is 5.57 Å². The number of anilines is 1. The van der Waals surface area contributed by atoms with Crippen LogP contribution in [-0.2, 0) is 21.7 Å². The average molecular weight is 429 g/mol. The van der Waals surface area contributed by atoms with Crippen LogP contribution in [0.3, 0.4) is 0 Å². The van der Waals surface area contributed by atoms with Crippen LogP contribution in [0.4, 0.5) is 14.6 Å². The van der Waals surface area contributed by atoms with Gasteiger partial charge in [0.1, 0.15) is 5.82 Å². The Morgan fingerprint density at radius 1 is 1.52 bits per heavy atom. The Kier molecular flexibility index (Phi) is 7.10. The van der Waals surface area contributed by atoms with E-state index in [0.29, 0.717) is 18.1 Å². The van der Waals surface area contributed by atoms with E-state index in [-0.39, 0.29) is 6.42 Å². The van der Waals surface area contributed by atoms with Crippen LogP contribution < -0.4 is 4.90 Å². The number of rotatable bonds is 10. The Labute approximate surface area is 169 Å². The molecule has 0 saturated heterocycles. The first-order valence-electron chi connectivity index (χ1n) is 9.23. The molecule has 7 nitrogen and oxygen atoms in total. The fourth-order valence-electron chi connectivity index (χ4n) is 2.92. The van der Waals surface area contributed by atoms with E-state index in [1.807, 2.05) is 6.92 Å². The number of sulfone groups is 1. The first-order valence-corrected chi connectivity index (χ1v) is 11.0. The number of carbonyl (C=O) groups excluding carboxylic acids is 1. The minimum absolute atomic E-state index is 0.266. The highest BCUT2D eigenvalue weighted by atomic mass is 32.2. The van der Waals surface area contributed by atoms with Crippen molar-refractivity contribution in [2.24, 2.45) is 18.0 Å². The molecule has 1 aromatic heterocycles. The van der Waals surface area contributed by atoms with Crippen molar-refractivity contribution >= 4 is 33.9 Å². The van der Waals surface area contributed by atoms with Crippen LogP contribution in [0.1, 0.15) is 32.4 Å². The minimum Gasteiger partial charge on any atom is -0.297 e. The predicted octanol–water partition coefficient (Wildman–Crippen LogP) is 2.85. The van der Waals surface area contributed by atoms with Crippen LogP contribution in [-0.4, -0.2) is 54.8 Å². The van der Waals surface area contributed by atoms with Crippen molar-refractivity contribution in [3.8, 4) is 0 Å². The summed E-state index contributed by atoms with van der Waals surface area (Å²) in [6, 6.07) is 1.74. The number of nitrogens with zero attached hydrogens (tertiary/aromatic N) is 4. The van der Waals surface area contributed by atoms with Gasteiger partial charge in [0.25, 0.3) is 5.92 Å². The lowest BCUT2D eigenvalue weighted by molar-refractivity contribution is -0.118. The van der Waals surface area contributed by atoms with Gasteiger partial charge in [0, 0.05) is 44.6 Å². The summed E-state index contributed by atoms with van der Waals surface area (Å²) < 4.78 is 51.6. The van der Waals surface area contributed by atoms with Gasteiger partial charge in [-0.15, -0.1) is 0 Å². The SMILES string of the molecule is C=N/C=C\C=C(/C)c1cc(N(CC)C(=O)CCS(=O)(=O)CC2CC2(F)F)n(C)n1. The molecule has 1 heterocycles. The van der Waals surface area contributed by atoms with Crippen molar-refractivity contribution in [1.29, 1.82) is 0 Å². The van der Waals surface area contributed by atoms with Crippen molar-refractivity contribution in [2.75, 3.05) is 23.0 Å². The molecule has 0 aliphatic heterocycles. The molecular formula is C19H26F2N4O3S. The van der Waals surface area contributed by atoms with Gasteiger partial charge >= 0.3 is 0 Å². The Morgan fingerprint density at radius 3 is 2.72 bits per heavy atom. The molecule has 1 amide bonds. The zero-order valence-corrected chi connectivity index (χ0v) is 17.6. The molecule has 10 heteroatoms. The summed E-state index contributed by atoms with van der Waals surface area (Å²) in [4.78, 5) is 17.7. The van der Waals surface area contributed by atoms with Gasteiger partial charge in [-0.25, -0.2) is 17.2 Å². The summed E-state index contributed by atoms with van der Waals surface area (Å²) in [5, 5.41) is 4.39. The fourth-order valence-corrected chi connectivity index (χ4v) is 4.55. The van der Waals surface area contributed by atoms with Crippen LogP contribution in [0.15, 0.2) is 29.4 Å². The number of amides is 1. The molecule has 29 heavy (non-hydrogen) atoms. The monoisotopic (exact) mass is 428 g/mol. The van der Waals surface area contributed by atoms with Crippen molar-refractivity contribution < 1.29 is 22.0 Å². The van der Waals surface area contributed by atoms with E-state index in [4.69, 9.17) is 0 Å². The van der Waals surface area contributed by atoms with Crippen molar-refractivity contribution in [2.45, 2.75) is 32.6 Å². The van der Waals surface area contributed by atoms with Crippen molar-refractivity contribution in [1.82, 2.24) is 9.78 Å². The Bertz CT molecular complexity index is 935. The van der Waals surface area contributed by atoms with E-state index in [1.165, 1.54) is 11.1 Å². The van der Waals surface area contributed by atoms with Crippen LogP contribution >= 0.6 is 0 Å². The summed E-state index contributed by atoms with van der Waals surface area (Å²) in [5.74, 6) is -4.91. The smallest absolute Gasteiger partial charge is 0.252 e. The lowest BCUT2D eigenvalue weighted by Crippen LogP contribution is -2.33. The highest BCUT2D eigenvalue weighted by Gasteiger charge is 2.58. The zero-order valence-electron chi connectivity index (χ0n) is 16.8. The highest BCUT2D eigenvalue weighted by molar-refractivity contribution is 7.91. The molecule has 0 spiro atoms. The number of carbonyl (C=O) groups is 1. The molecular weight excluding hydrogens is 402 g/mol. The number of hydrogen-bond donors (Lipinski definition) is 0. The van der Waals surface area contributed by atoms with Crippen LogP contribution in [0.25, 0.3) is 5.57 Å². The van der Waals surface area contributed by atoms with Crippen LogP contribution in [0.5, 0.6) is 0 Å². The normalized spacial score (nSPS) is 18.8. The summed E-state index contributed by atoms with van der Waals surface area (Å²) in [6.07, 6.45) is 4.39. The maximum Gasteiger partial charge on any atom is 0.252 e. The van der Waals surface area contributed by atoms with Gasteiger partial charge in [0.05, 0.1) is 17.2 Å². The molecule has 160 valence electrons. The second kappa shape index (κ2) is 8.98. The molecule has 0 bridgehead atoms. The van der Waals surface area contributed by atoms with Gasteiger partial charge in [-0.2, -0.15) is 5.10 Å². The molecule has 1 saturated carbocycles. The van der Waals surface area contributed by atoms with Crippen molar-refractivity contribution in [3.63, 3.8) is 0 Å². The van der Waals surface area contributed by atoms with Gasteiger partial charge in [-0.05, 0) is 32.2 Å². The summed E-state index contributed by atoms with van der Waals surface area (Å²) in [6.45, 7) is 7.30. The molecule has 1 aliphatic carbocycles. The third kappa shape index (κ3) is 6.06. The Morgan fingerprint density at radius 2 is 2.17 bits per heavy atom. The number of aliphatic imine (C=N–C) groups is 1. The number of aryl methyl sites for hydroxylation is 1. The van der Waals surface area contributed by atoms with Crippen LogP contribution in [0.2, 0.25) is 0 Å². The largest absolute Gasteiger partial charge is 0.297 e.